The Hall–Kier alpha value is 0.230. The molecule has 4 heteroatoms. The van der Waals surface area contributed by atoms with E-state index in [1.807, 2.05) is 11.8 Å². The summed E-state index contributed by atoms with van der Waals surface area (Å²) < 4.78 is 0. The Kier molecular flexibility index (Phi) is 3.95. The second-order valence-corrected chi connectivity index (χ2v) is 6.76. The predicted molar refractivity (Wildman–Crippen MR) is 74.7 cm³/mol. The first-order chi connectivity index (χ1) is 8.38. The van der Waals surface area contributed by atoms with Crippen molar-refractivity contribution in [2.45, 2.75) is 36.6 Å². The fourth-order valence-electron chi connectivity index (χ4n) is 3.73. The van der Waals surface area contributed by atoms with Gasteiger partial charge in [0, 0.05) is 50.1 Å². The van der Waals surface area contributed by atoms with E-state index in [1.54, 1.807) is 0 Å². The lowest BCUT2D eigenvalue weighted by Gasteiger charge is -2.46. The maximum atomic E-state index is 3.57. The van der Waals surface area contributed by atoms with Crippen molar-refractivity contribution in [2.75, 3.05) is 45.5 Å². The third kappa shape index (κ3) is 2.50. The molecule has 0 saturated carbocycles. The van der Waals surface area contributed by atoms with E-state index in [9.17, 15) is 0 Å². The number of nitrogens with zero attached hydrogens (tertiary/aromatic N) is 2. The van der Waals surface area contributed by atoms with Crippen LogP contribution in [0.4, 0.5) is 0 Å². The fourth-order valence-corrected chi connectivity index (χ4v) is 4.59. The first kappa shape index (κ1) is 12.3. The van der Waals surface area contributed by atoms with Gasteiger partial charge in [0.15, 0.2) is 0 Å². The second-order valence-electron chi connectivity index (χ2n) is 5.68. The molecule has 0 aromatic rings. The van der Waals surface area contributed by atoms with Crippen molar-refractivity contribution < 1.29 is 0 Å². The fraction of sp³-hybridized carbons (Fsp3) is 1.00. The minimum atomic E-state index is 0.786. The van der Waals surface area contributed by atoms with Gasteiger partial charge in [0.2, 0.25) is 0 Å². The number of piperidine rings is 1. The summed E-state index contributed by atoms with van der Waals surface area (Å²) in [6.45, 7) is 7.69. The molecule has 0 aromatic carbocycles. The van der Waals surface area contributed by atoms with Gasteiger partial charge in [-0.2, -0.15) is 11.8 Å². The largest absolute Gasteiger partial charge is 0.314 e. The van der Waals surface area contributed by atoms with E-state index in [0.29, 0.717) is 0 Å². The Morgan fingerprint density at radius 3 is 2.82 bits per heavy atom. The van der Waals surface area contributed by atoms with Gasteiger partial charge in [-0.1, -0.05) is 6.42 Å². The normalized spacial score (nSPS) is 40.4. The molecule has 3 unspecified atom stereocenters. The number of rotatable bonds is 2. The summed E-state index contributed by atoms with van der Waals surface area (Å²) in [6.07, 6.45) is 6.57. The summed E-state index contributed by atoms with van der Waals surface area (Å²) in [6, 6.07) is 1.65. The minimum Gasteiger partial charge on any atom is -0.314 e. The third-order valence-electron chi connectivity index (χ3n) is 4.77. The molecule has 98 valence electrons. The van der Waals surface area contributed by atoms with E-state index in [0.717, 1.165) is 17.3 Å². The zero-order chi connectivity index (χ0) is 11.7. The van der Waals surface area contributed by atoms with E-state index in [-0.39, 0.29) is 0 Å². The van der Waals surface area contributed by atoms with Gasteiger partial charge in [-0.15, -0.1) is 0 Å². The molecule has 3 aliphatic heterocycles. The van der Waals surface area contributed by atoms with Crippen molar-refractivity contribution in [1.29, 1.82) is 0 Å². The van der Waals surface area contributed by atoms with E-state index < -0.39 is 0 Å². The van der Waals surface area contributed by atoms with Crippen LogP contribution < -0.4 is 5.32 Å². The second kappa shape index (κ2) is 5.47. The van der Waals surface area contributed by atoms with Crippen LogP contribution in [-0.2, 0) is 0 Å². The van der Waals surface area contributed by atoms with Crippen LogP contribution in [0.2, 0.25) is 0 Å². The third-order valence-corrected chi connectivity index (χ3v) is 5.86. The maximum Gasteiger partial charge on any atom is 0.0352 e. The summed E-state index contributed by atoms with van der Waals surface area (Å²) in [5, 5.41) is 4.38. The van der Waals surface area contributed by atoms with Crippen LogP contribution in [0.1, 0.15) is 19.3 Å². The van der Waals surface area contributed by atoms with Crippen LogP contribution in [0.15, 0.2) is 0 Å². The molecule has 3 rings (SSSR count). The van der Waals surface area contributed by atoms with Gasteiger partial charge in [-0.05, 0) is 25.6 Å². The molecule has 3 heterocycles. The van der Waals surface area contributed by atoms with Gasteiger partial charge >= 0.3 is 0 Å². The summed E-state index contributed by atoms with van der Waals surface area (Å²) >= 11 is 2.05. The number of nitrogens with one attached hydrogen (secondary N) is 1. The smallest absolute Gasteiger partial charge is 0.0352 e. The van der Waals surface area contributed by atoms with Crippen molar-refractivity contribution in [3.63, 3.8) is 0 Å². The minimum absolute atomic E-state index is 0.786. The van der Waals surface area contributed by atoms with Crippen LogP contribution in [0.3, 0.4) is 0 Å². The lowest BCUT2D eigenvalue weighted by Crippen LogP contribution is -2.58. The van der Waals surface area contributed by atoms with Crippen LogP contribution >= 0.6 is 11.8 Å². The van der Waals surface area contributed by atoms with E-state index >= 15 is 0 Å². The standard InChI is InChI=1S/C13H25N3S/c1-17-13-9-14-8-12(13)16-7-6-15-5-3-2-4-11(15)10-16/h11-14H,2-10H2,1H3. The molecular formula is C13H25N3S. The van der Waals surface area contributed by atoms with Crippen molar-refractivity contribution in [1.82, 2.24) is 15.1 Å². The maximum absolute atomic E-state index is 3.57. The summed E-state index contributed by atoms with van der Waals surface area (Å²) in [7, 11) is 0. The van der Waals surface area contributed by atoms with Crippen molar-refractivity contribution >= 4 is 11.8 Å². The topological polar surface area (TPSA) is 18.5 Å². The molecule has 3 saturated heterocycles. The number of hydrogen-bond donors (Lipinski definition) is 1. The molecule has 0 aliphatic carbocycles. The first-order valence-electron chi connectivity index (χ1n) is 7.10. The molecular weight excluding hydrogens is 230 g/mol. The first-order valence-corrected chi connectivity index (χ1v) is 8.39. The van der Waals surface area contributed by atoms with Gasteiger partial charge < -0.3 is 5.32 Å². The Morgan fingerprint density at radius 1 is 1.06 bits per heavy atom. The molecule has 3 atom stereocenters. The van der Waals surface area contributed by atoms with Crippen molar-refractivity contribution in [3.8, 4) is 0 Å². The van der Waals surface area contributed by atoms with Crippen LogP contribution in [0.25, 0.3) is 0 Å². The Balaban J connectivity index is 1.61. The monoisotopic (exact) mass is 255 g/mol. The average molecular weight is 255 g/mol. The lowest BCUT2D eigenvalue weighted by atomic mass is 9.98. The summed E-state index contributed by atoms with van der Waals surface area (Å²) in [5.41, 5.74) is 0. The van der Waals surface area contributed by atoms with Crippen LogP contribution in [0.5, 0.6) is 0 Å². The van der Waals surface area contributed by atoms with Gasteiger partial charge in [-0.3, -0.25) is 9.80 Å². The Bertz CT molecular complexity index is 261. The molecule has 3 fully saturated rings. The van der Waals surface area contributed by atoms with Crippen LogP contribution in [0, 0.1) is 0 Å². The highest BCUT2D eigenvalue weighted by Gasteiger charge is 2.36. The quantitative estimate of drug-likeness (QED) is 0.788. The number of fused-ring (bicyclic) bond motifs is 1. The highest BCUT2D eigenvalue weighted by Crippen LogP contribution is 2.26. The van der Waals surface area contributed by atoms with Crippen molar-refractivity contribution in [3.05, 3.63) is 0 Å². The molecule has 3 aliphatic rings. The molecule has 17 heavy (non-hydrogen) atoms. The predicted octanol–water partition coefficient (Wildman–Crippen LogP) is 0.860. The van der Waals surface area contributed by atoms with Gasteiger partial charge in [-0.25, -0.2) is 0 Å². The van der Waals surface area contributed by atoms with Crippen LogP contribution in [-0.4, -0.2) is 72.7 Å². The zero-order valence-corrected chi connectivity index (χ0v) is 11.7. The summed E-state index contributed by atoms with van der Waals surface area (Å²) in [4.78, 5) is 5.50. The SMILES string of the molecule is CSC1CNCC1N1CCN2CCCCC2C1. The number of thioether (sulfide) groups is 1. The van der Waals surface area contributed by atoms with E-state index in [1.165, 1.54) is 58.5 Å². The molecule has 0 spiro atoms. The molecule has 0 bridgehead atoms. The van der Waals surface area contributed by atoms with E-state index in [2.05, 4.69) is 21.4 Å². The molecule has 0 radical (unpaired) electrons. The molecule has 1 N–H and O–H groups in total. The van der Waals surface area contributed by atoms with Gasteiger partial charge in [0.1, 0.15) is 0 Å². The number of hydrogen-bond acceptors (Lipinski definition) is 4. The van der Waals surface area contributed by atoms with Gasteiger partial charge in [0.25, 0.3) is 0 Å². The highest BCUT2D eigenvalue weighted by atomic mass is 32.2. The van der Waals surface area contributed by atoms with E-state index in [4.69, 9.17) is 0 Å². The molecule has 0 aromatic heterocycles. The molecule has 0 amide bonds. The number of piperazine rings is 1. The Morgan fingerprint density at radius 2 is 1.94 bits per heavy atom. The lowest BCUT2D eigenvalue weighted by molar-refractivity contribution is 0.0324. The average Bonchev–Trinajstić information content (AvgIpc) is 2.86. The Labute approximate surface area is 109 Å². The highest BCUT2D eigenvalue weighted by molar-refractivity contribution is 7.99. The zero-order valence-electron chi connectivity index (χ0n) is 10.9. The van der Waals surface area contributed by atoms with Crippen molar-refractivity contribution in [2.24, 2.45) is 0 Å². The summed E-state index contributed by atoms with van der Waals surface area (Å²) in [5.74, 6) is 0. The molecule has 3 nitrogen and oxygen atoms in total. The van der Waals surface area contributed by atoms with Gasteiger partial charge in [0.05, 0.1) is 0 Å².